The van der Waals surface area contributed by atoms with Crippen LogP contribution in [-0.2, 0) is 20.4 Å². The van der Waals surface area contributed by atoms with Gasteiger partial charge in [-0.3, -0.25) is 0 Å². The first-order valence-electron chi connectivity index (χ1n) is 16.4. The van der Waals surface area contributed by atoms with E-state index in [1.807, 2.05) is 18.2 Å². The summed E-state index contributed by atoms with van der Waals surface area (Å²) in [6.07, 6.45) is 31.9. The van der Waals surface area contributed by atoms with Crippen molar-refractivity contribution in [1.82, 2.24) is 0 Å². The minimum atomic E-state index is -0.196. The summed E-state index contributed by atoms with van der Waals surface area (Å²) in [4.78, 5) is 0. The van der Waals surface area contributed by atoms with Gasteiger partial charge in [0.25, 0.3) is 0 Å². The predicted octanol–water partition coefficient (Wildman–Crippen LogP) is 9.46. The molecule has 2 N–H and O–H groups in total. The molecule has 1 aromatic carbocycles. The number of benzene rings is 1. The molecule has 0 saturated heterocycles. The summed E-state index contributed by atoms with van der Waals surface area (Å²) in [5.74, 6) is 7.01. The summed E-state index contributed by atoms with van der Waals surface area (Å²) in [5, 5.41) is 1.83. The molecule has 0 atom stereocenters. The van der Waals surface area contributed by atoms with E-state index in [1.165, 1.54) is 47.5 Å². The average Bonchev–Trinajstić information content (AvgIpc) is 2.88. The minimum absolute atomic E-state index is 0. The molecule has 8 saturated carbocycles. The Morgan fingerprint density at radius 2 is 1.23 bits per heavy atom. The van der Waals surface area contributed by atoms with Crippen LogP contribution < -0.4 is 5.73 Å². The number of allylic oxidation sites excluding steroid dienone is 2. The van der Waals surface area contributed by atoms with Gasteiger partial charge in [0.2, 0.25) is 0 Å². The Morgan fingerprint density at radius 3 is 1.64 bits per heavy atom. The second-order valence-corrected chi connectivity index (χ2v) is 18.7. The second kappa shape index (κ2) is 11.7. The fourth-order valence-corrected chi connectivity index (χ4v) is 18.0. The van der Waals surface area contributed by atoms with Crippen LogP contribution in [0.4, 0.5) is 0 Å². The van der Waals surface area contributed by atoms with E-state index in [9.17, 15) is 0 Å². The van der Waals surface area contributed by atoms with Gasteiger partial charge in [-0.05, 0) is 125 Å². The van der Waals surface area contributed by atoms with E-state index in [1.54, 1.807) is 89.6 Å². The van der Waals surface area contributed by atoms with Crippen LogP contribution in [0.5, 0.6) is 0 Å². The monoisotopic (exact) mass is 635 g/mol. The third-order valence-electron chi connectivity index (χ3n) is 12.3. The van der Waals surface area contributed by atoms with Crippen LogP contribution in [0.25, 0.3) is 5.57 Å². The molecule has 0 amide bonds. The molecule has 10 rings (SSSR count). The SMILES string of the molecule is CCCC[PH+](C12CC3CC(CC(C3)C1)C2)C12CC3CC(CC(C3)C1)C2.N[C-]1CC=CC=C1c1ccccc1.[Pd]. The van der Waals surface area contributed by atoms with E-state index in [-0.39, 0.29) is 28.3 Å². The van der Waals surface area contributed by atoms with E-state index < -0.39 is 0 Å². The van der Waals surface area contributed by atoms with E-state index >= 15 is 0 Å². The van der Waals surface area contributed by atoms with Crippen molar-refractivity contribution in [1.29, 1.82) is 0 Å². The van der Waals surface area contributed by atoms with E-state index in [4.69, 9.17) is 5.73 Å². The fourth-order valence-electron chi connectivity index (χ4n) is 11.9. The number of rotatable bonds is 6. The molecule has 3 heteroatoms. The maximum Gasteiger partial charge on any atom is 0.0790 e. The molecule has 9 aliphatic carbocycles. The van der Waals surface area contributed by atoms with Crippen LogP contribution in [-0.4, -0.2) is 16.5 Å². The third-order valence-corrected chi connectivity index (χ3v) is 16.9. The van der Waals surface area contributed by atoms with Gasteiger partial charge in [-0.25, -0.2) is 0 Å². The third kappa shape index (κ3) is 5.56. The molecule has 1 aromatic rings. The Hall–Kier alpha value is -0.378. The molecule has 8 bridgehead atoms. The second-order valence-electron chi connectivity index (χ2n) is 15.1. The summed E-state index contributed by atoms with van der Waals surface area (Å²) < 4.78 is 0. The van der Waals surface area contributed by atoms with Crippen LogP contribution in [0.1, 0.15) is 109 Å². The van der Waals surface area contributed by atoms with Crippen molar-refractivity contribution in [2.24, 2.45) is 41.2 Å². The molecule has 9 aliphatic rings. The topological polar surface area (TPSA) is 26.0 Å². The smallest absolute Gasteiger partial charge is 0.0790 e. The predicted molar refractivity (Wildman–Crippen MR) is 166 cm³/mol. The van der Waals surface area contributed by atoms with Gasteiger partial charge in [-0.15, -0.1) is 35.9 Å². The van der Waals surface area contributed by atoms with Crippen molar-refractivity contribution in [2.75, 3.05) is 6.16 Å². The van der Waals surface area contributed by atoms with E-state index in [2.05, 4.69) is 37.3 Å². The van der Waals surface area contributed by atoms with Crippen LogP contribution in [0.15, 0.2) is 48.6 Å². The normalized spacial score (nSPS) is 41.5. The quantitative estimate of drug-likeness (QED) is 0.188. The summed E-state index contributed by atoms with van der Waals surface area (Å²) >= 11 is 0. The molecule has 216 valence electrons. The molecular formula is C36H52NPPd. The average molecular weight is 636 g/mol. The first kappa shape index (κ1) is 28.7. The maximum atomic E-state index is 5.91. The van der Waals surface area contributed by atoms with Crippen molar-refractivity contribution in [2.45, 2.75) is 114 Å². The summed E-state index contributed by atoms with van der Waals surface area (Å²) in [5.41, 5.74) is 8.26. The van der Waals surface area contributed by atoms with Crippen molar-refractivity contribution in [3.8, 4) is 0 Å². The molecule has 0 aromatic heterocycles. The van der Waals surface area contributed by atoms with Gasteiger partial charge in [0.05, 0.1) is 16.5 Å². The molecular weight excluding hydrogens is 584 g/mol. The van der Waals surface area contributed by atoms with Crippen molar-refractivity contribution >= 4 is 13.5 Å². The van der Waals surface area contributed by atoms with E-state index in [0.29, 0.717) is 0 Å². The van der Waals surface area contributed by atoms with Crippen LogP contribution in [0.3, 0.4) is 0 Å². The number of hydrogen-bond donors (Lipinski definition) is 1. The maximum absolute atomic E-state index is 5.91. The Kier molecular flexibility index (Phi) is 8.63. The molecule has 0 radical (unpaired) electrons. The molecule has 0 unspecified atom stereocenters. The van der Waals surface area contributed by atoms with E-state index in [0.717, 1.165) is 28.3 Å². The fraction of sp³-hybridized carbons (Fsp3) is 0.694. The van der Waals surface area contributed by atoms with Crippen molar-refractivity contribution in [3.63, 3.8) is 0 Å². The number of hydrogen-bond acceptors (Lipinski definition) is 1. The first-order chi connectivity index (χ1) is 18.5. The van der Waals surface area contributed by atoms with Gasteiger partial charge in [-0.2, -0.15) is 11.6 Å². The zero-order valence-corrected chi connectivity index (χ0v) is 26.8. The van der Waals surface area contributed by atoms with Gasteiger partial charge >= 0.3 is 0 Å². The van der Waals surface area contributed by atoms with Crippen LogP contribution in [0.2, 0.25) is 0 Å². The molecule has 39 heavy (non-hydrogen) atoms. The van der Waals surface area contributed by atoms with Gasteiger partial charge < -0.3 is 5.73 Å². The van der Waals surface area contributed by atoms with Crippen molar-refractivity contribution < 1.29 is 20.4 Å². The van der Waals surface area contributed by atoms with Crippen LogP contribution >= 0.6 is 7.92 Å². The molecule has 0 spiro atoms. The zero-order valence-electron chi connectivity index (χ0n) is 24.3. The summed E-state index contributed by atoms with van der Waals surface area (Å²) in [7, 11) is -0.196. The summed E-state index contributed by atoms with van der Waals surface area (Å²) in [6, 6.07) is 11.2. The van der Waals surface area contributed by atoms with Gasteiger partial charge in [0.15, 0.2) is 0 Å². The zero-order chi connectivity index (χ0) is 25.7. The van der Waals surface area contributed by atoms with Crippen molar-refractivity contribution in [3.05, 3.63) is 60.2 Å². The number of unbranched alkanes of at least 4 members (excludes halogenated alkanes) is 1. The largest absolute Gasteiger partial charge is 0.357 e. The Morgan fingerprint density at radius 1 is 0.769 bits per heavy atom. The standard InChI is InChI=1S/C24H39P.C12H12N.Pd/c1-2-3-4-25(23-11-17-5-18(12-23)7-19(6-17)13-23)24-14-20-8-21(15-24)10-22(9-20)16-24;13-12-9-5-4-8-11(12)10-6-2-1-3-7-10;/h17-22H,2-16H2,1H3;1-8H,9,13H2;/q;-1;/p+1. The molecule has 1 nitrogen and oxygen atoms in total. The number of nitrogens with two attached hydrogens (primary N) is 1. The van der Waals surface area contributed by atoms with Crippen LogP contribution in [0, 0.1) is 41.5 Å². The van der Waals surface area contributed by atoms with Gasteiger partial charge in [0, 0.05) is 28.3 Å². The first-order valence-corrected chi connectivity index (χ1v) is 18.2. The Balaban J connectivity index is 0.000000169. The Labute approximate surface area is 254 Å². The molecule has 0 aliphatic heterocycles. The molecule has 0 heterocycles. The Bertz CT molecular complexity index is 929. The van der Waals surface area contributed by atoms with Gasteiger partial charge in [0.1, 0.15) is 0 Å². The minimum Gasteiger partial charge on any atom is -0.357 e. The van der Waals surface area contributed by atoms with Gasteiger partial charge in [-0.1, -0.05) is 31.5 Å². The summed E-state index contributed by atoms with van der Waals surface area (Å²) in [6.45, 7) is 2.46. The molecule has 8 fully saturated rings.